The zero-order valence-corrected chi connectivity index (χ0v) is 18.3. The Morgan fingerprint density at radius 2 is 1.90 bits per heavy atom. The van der Waals surface area contributed by atoms with E-state index in [1.165, 1.54) is 5.57 Å². The number of hydrogen-bond donors (Lipinski definition) is 1. The lowest BCUT2D eigenvalue weighted by Crippen LogP contribution is -2.20. The largest absolute Gasteiger partial charge is 0.313 e. The van der Waals surface area contributed by atoms with Gasteiger partial charge in [0.05, 0.1) is 28.8 Å². The zero-order chi connectivity index (χ0) is 19.3. The van der Waals surface area contributed by atoms with Gasteiger partial charge in [0.15, 0.2) is 0 Å². The van der Waals surface area contributed by atoms with E-state index in [1.807, 2.05) is 38.4 Å². The van der Waals surface area contributed by atoms with Gasteiger partial charge in [-0.15, -0.1) is 24.8 Å². The first-order valence-electron chi connectivity index (χ1n) is 9.33. The Hall–Kier alpha value is -2.74. The van der Waals surface area contributed by atoms with E-state index in [2.05, 4.69) is 26.5 Å². The third-order valence-electron chi connectivity index (χ3n) is 5.25. The fourth-order valence-electron chi connectivity index (χ4n) is 3.86. The number of halogens is 2. The Bertz CT molecular complexity index is 1320. The summed E-state index contributed by atoms with van der Waals surface area (Å²) in [6.07, 6.45) is 6.82. The van der Waals surface area contributed by atoms with Crippen LogP contribution in [0.1, 0.15) is 17.7 Å². The van der Waals surface area contributed by atoms with Crippen LogP contribution in [0, 0.1) is 6.92 Å². The highest BCUT2D eigenvalue weighted by Crippen LogP contribution is 2.24. The summed E-state index contributed by atoms with van der Waals surface area (Å²) in [7, 11) is 1.90. The second kappa shape index (κ2) is 8.55. The summed E-state index contributed by atoms with van der Waals surface area (Å²) in [5.41, 5.74) is 5.94. The van der Waals surface area contributed by atoms with Gasteiger partial charge in [-0.3, -0.25) is 13.9 Å². The second-order valence-corrected chi connectivity index (χ2v) is 7.11. The number of nitrogens with one attached hydrogen (secondary N) is 1. The number of fused-ring (bicyclic) bond motifs is 2. The van der Waals surface area contributed by atoms with E-state index in [9.17, 15) is 4.79 Å². The first-order valence-corrected chi connectivity index (χ1v) is 9.33. The summed E-state index contributed by atoms with van der Waals surface area (Å²) in [5.74, 6) is 0. The molecule has 5 rings (SSSR count). The Kier molecular flexibility index (Phi) is 6.26. The van der Waals surface area contributed by atoms with Crippen LogP contribution in [0.25, 0.3) is 33.5 Å². The molecule has 0 spiro atoms. The van der Waals surface area contributed by atoms with Crippen LogP contribution in [0.5, 0.6) is 0 Å². The highest BCUT2D eigenvalue weighted by Gasteiger charge is 2.13. The minimum atomic E-state index is -0.109. The maximum atomic E-state index is 12.8. The van der Waals surface area contributed by atoms with Crippen molar-refractivity contribution in [3.05, 3.63) is 64.3 Å². The molecule has 4 aromatic heterocycles. The Morgan fingerprint density at radius 1 is 1.10 bits per heavy atom. The van der Waals surface area contributed by atoms with Crippen molar-refractivity contribution in [1.82, 2.24) is 29.5 Å². The molecule has 1 aliphatic rings. The van der Waals surface area contributed by atoms with E-state index >= 15 is 0 Å². The van der Waals surface area contributed by atoms with E-state index < -0.39 is 0 Å². The minimum absolute atomic E-state index is 0. The van der Waals surface area contributed by atoms with Gasteiger partial charge in [-0.05, 0) is 49.2 Å². The molecule has 0 amide bonds. The Labute approximate surface area is 185 Å². The van der Waals surface area contributed by atoms with Gasteiger partial charge >= 0.3 is 0 Å². The number of hydrogen-bond acceptors (Lipinski definition) is 5. The van der Waals surface area contributed by atoms with E-state index in [1.54, 1.807) is 21.3 Å². The summed E-state index contributed by atoms with van der Waals surface area (Å²) in [5, 5.41) is 8.59. The monoisotopic (exact) mass is 444 g/mol. The molecule has 7 nitrogen and oxygen atoms in total. The van der Waals surface area contributed by atoms with Crippen molar-refractivity contribution in [3.8, 4) is 11.4 Å². The van der Waals surface area contributed by atoms with E-state index in [0.717, 1.165) is 41.7 Å². The lowest BCUT2D eigenvalue weighted by atomic mass is 10.0. The standard InChI is InChI=1S/C21H20N6O.2ClH/c1-13-21-16(11-23-26(21)2)9-17(24-13)18-10-20(28)27-12-15(3-4-19(27)25-18)14-5-7-22-8-6-14;;/h3-5,9-12,22H,6-8H2,1-2H3;2*1H. The van der Waals surface area contributed by atoms with Crippen LogP contribution in [-0.4, -0.2) is 37.2 Å². The predicted molar refractivity (Wildman–Crippen MR) is 124 cm³/mol. The van der Waals surface area contributed by atoms with Gasteiger partial charge in [-0.25, -0.2) is 9.97 Å². The average Bonchev–Trinajstić information content (AvgIpc) is 3.09. The highest BCUT2D eigenvalue weighted by molar-refractivity contribution is 5.86. The van der Waals surface area contributed by atoms with Crippen LogP contribution in [0.15, 0.2) is 47.5 Å². The molecule has 0 bridgehead atoms. The SMILES string of the molecule is Cc1nc(-c2cc(=O)n3cc(C4=CCNCC4)ccc3n2)cc2cnn(C)c12.Cl.Cl. The van der Waals surface area contributed by atoms with Gasteiger partial charge in [0.1, 0.15) is 5.65 Å². The molecule has 156 valence electrons. The first-order chi connectivity index (χ1) is 13.6. The van der Waals surface area contributed by atoms with Crippen molar-refractivity contribution in [2.75, 3.05) is 13.1 Å². The van der Waals surface area contributed by atoms with Crippen LogP contribution in [0.2, 0.25) is 0 Å². The summed E-state index contributed by atoms with van der Waals surface area (Å²) in [6, 6.07) is 7.42. The lowest BCUT2D eigenvalue weighted by Gasteiger charge is -2.15. The fourth-order valence-corrected chi connectivity index (χ4v) is 3.86. The third kappa shape index (κ3) is 3.71. The summed E-state index contributed by atoms with van der Waals surface area (Å²) < 4.78 is 3.41. The van der Waals surface area contributed by atoms with Crippen LogP contribution >= 0.6 is 24.8 Å². The van der Waals surface area contributed by atoms with Crippen LogP contribution in [0.3, 0.4) is 0 Å². The van der Waals surface area contributed by atoms with Crippen molar-refractivity contribution < 1.29 is 0 Å². The molecular weight excluding hydrogens is 423 g/mol. The summed E-state index contributed by atoms with van der Waals surface area (Å²) in [4.78, 5) is 22.2. The molecule has 30 heavy (non-hydrogen) atoms. The molecule has 0 saturated heterocycles. The van der Waals surface area contributed by atoms with Crippen molar-refractivity contribution in [2.45, 2.75) is 13.3 Å². The smallest absolute Gasteiger partial charge is 0.258 e. The predicted octanol–water partition coefficient (Wildman–Crippen LogP) is 3.17. The van der Waals surface area contributed by atoms with Crippen molar-refractivity contribution >= 4 is 46.9 Å². The molecule has 0 aliphatic carbocycles. The van der Waals surface area contributed by atoms with Crippen LogP contribution < -0.4 is 10.9 Å². The molecule has 0 radical (unpaired) electrons. The van der Waals surface area contributed by atoms with Crippen molar-refractivity contribution in [1.29, 1.82) is 0 Å². The highest BCUT2D eigenvalue weighted by atomic mass is 35.5. The molecule has 5 heterocycles. The number of pyridine rings is 2. The van der Waals surface area contributed by atoms with Gasteiger partial charge in [0.2, 0.25) is 0 Å². The molecule has 9 heteroatoms. The molecule has 4 aromatic rings. The molecule has 0 unspecified atom stereocenters. The third-order valence-corrected chi connectivity index (χ3v) is 5.25. The Morgan fingerprint density at radius 3 is 2.67 bits per heavy atom. The van der Waals surface area contributed by atoms with Gasteiger partial charge in [-0.2, -0.15) is 5.10 Å². The number of aryl methyl sites for hydroxylation is 2. The second-order valence-electron chi connectivity index (χ2n) is 7.11. The lowest BCUT2D eigenvalue weighted by molar-refractivity contribution is 0.738. The van der Waals surface area contributed by atoms with Gasteiger partial charge in [0, 0.05) is 31.2 Å². The first kappa shape index (κ1) is 22.0. The molecule has 0 saturated carbocycles. The maximum Gasteiger partial charge on any atom is 0.258 e. The van der Waals surface area contributed by atoms with Gasteiger partial charge in [-0.1, -0.05) is 6.08 Å². The summed E-state index contributed by atoms with van der Waals surface area (Å²) >= 11 is 0. The molecule has 0 fully saturated rings. The van der Waals surface area contributed by atoms with Crippen LogP contribution in [-0.2, 0) is 7.05 Å². The minimum Gasteiger partial charge on any atom is -0.313 e. The summed E-state index contributed by atoms with van der Waals surface area (Å²) in [6.45, 7) is 3.76. The van der Waals surface area contributed by atoms with E-state index in [4.69, 9.17) is 0 Å². The number of aromatic nitrogens is 5. The number of nitrogens with zero attached hydrogens (tertiary/aromatic N) is 5. The van der Waals surface area contributed by atoms with Gasteiger partial charge in [0.25, 0.3) is 5.56 Å². The topological polar surface area (TPSA) is 77.1 Å². The van der Waals surface area contributed by atoms with Crippen molar-refractivity contribution in [3.63, 3.8) is 0 Å². The normalized spacial score (nSPS) is 13.6. The quantitative estimate of drug-likeness (QED) is 0.513. The fraction of sp³-hybridized carbons (Fsp3) is 0.238. The molecular formula is C21H22Cl2N6O. The molecule has 1 aliphatic heterocycles. The molecule has 0 aromatic carbocycles. The number of rotatable bonds is 2. The molecule has 0 atom stereocenters. The molecule has 1 N–H and O–H groups in total. The Balaban J connectivity index is 0.00000128. The van der Waals surface area contributed by atoms with Crippen molar-refractivity contribution in [2.24, 2.45) is 7.05 Å². The maximum absolute atomic E-state index is 12.8. The van der Waals surface area contributed by atoms with E-state index in [-0.39, 0.29) is 30.4 Å². The van der Waals surface area contributed by atoms with E-state index in [0.29, 0.717) is 17.0 Å². The zero-order valence-electron chi connectivity index (χ0n) is 16.6. The van der Waals surface area contributed by atoms with Gasteiger partial charge < -0.3 is 5.32 Å². The average molecular weight is 445 g/mol. The van der Waals surface area contributed by atoms with Crippen LogP contribution in [0.4, 0.5) is 0 Å².